The molecular formula is C17H15BrN2. The Hall–Kier alpha value is -1.87. The Labute approximate surface area is 127 Å². The average molecular weight is 327 g/mol. The lowest BCUT2D eigenvalue weighted by molar-refractivity contribution is 0.884. The van der Waals surface area contributed by atoms with E-state index in [9.17, 15) is 0 Å². The Morgan fingerprint density at radius 1 is 1.05 bits per heavy atom. The van der Waals surface area contributed by atoms with E-state index in [1.807, 2.05) is 24.4 Å². The highest BCUT2D eigenvalue weighted by molar-refractivity contribution is 9.10. The van der Waals surface area contributed by atoms with Crippen molar-refractivity contribution in [3.05, 3.63) is 70.8 Å². The molecule has 100 valence electrons. The lowest BCUT2D eigenvalue weighted by Gasteiger charge is -2.16. The molecule has 0 fully saturated rings. The second-order valence-corrected chi connectivity index (χ2v) is 5.75. The van der Waals surface area contributed by atoms with E-state index in [0.717, 1.165) is 21.1 Å². The summed E-state index contributed by atoms with van der Waals surface area (Å²) in [5.74, 6) is 0. The molecule has 1 unspecified atom stereocenters. The normalized spacial score (nSPS) is 12.3. The van der Waals surface area contributed by atoms with Crippen molar-refractivity contribution in [2.45, 2.75) is 13.0 Å². The van der Waals surface area contributed by atoms with Gasteiger partial charge in [-0.15, -0.1) is 0 Å². The van der Waals surface area contributed by atoms with Crippen LogP contribution in [0.15, 0.2) is 65.3 Å². The van der Waals surface area contributed by atoms with Crippen LogP contribution >= 0.6 is 15.9 Å². The van der Waals surface area contributed by atoms with Crippen LogP contribution in [0.1, 0.15) is 18.5 Å². The summed E-state index contributed by atoms with van der Waals surface area (Å²) in [7, 11) is 0. The summed E-state index contributed by atoms with van der Waals surface area (Å²) in [5.41, 5.74) is 3.39. The smallest absolute Gasteiger partial charge is 0.0703 e. The highest BCUT2D eigenvalue weighted by atomic mass is 79.9. The van der Waals surface area contributed by atoms with Crippen LogP contribution in [0.5, 0.6) is 0 Å². The van der Waals surface area contributed by atoms with Crippen molar-refractivity contribution in [1.82, 2.24) is 4.98 Å². The van der Waals surface area contributed by atoms with Crippen molar-refractivity contribution >= 4 is 32.5 Å². The first-order valence-corrected chi connectivity index (χ1v) is 7.38. The number of halogens is 1. The van der Waals surface area contributed by atoms with Gasteiger partial charge in [-0.25, -0.2) is 0 Å². The van der Waals surface area contributed by atoms with Gasteiger partial charge >= 0.3 is 0 Å². The van der Waals surface area contributed by atoms with Crippen LogP contribution in [0.25, 0.3) is 10.9 Å². The molecule has 2 aromatic carbocycles. The van der Waals surface area contributed by atoms with Crippen LogP contribution in [0, 0.1) is 0 Å². The molecule has 0 saturated heterocycles. The minimum atomic E-state index is 0.252. The van der Waals surface area contributed by atoms with Crippen molar-refractivity contribution in [3.63, 3.8) is 0 Å². The van der Waals surface area contributed by atoms with Gasteiger partial charge in [0.05, 0.1) is 5.52 Å². The minimum absolute atomic E-state index is 0.252. The van der Waals surface area contributed by atoms with Crippen LogP contribution < -0.4 is 5.32 Å². The van der Waals surface area contributed by atoms with Crippen molar-refractivity contribution in [2.75, 3.05) is 5.32 Å². The first-order valence-electron chi connectivity index (χ1n) is 6.59. The molecule has 3 heteroatoms. The fourth-order valence-electron chi connectivity index (χ4n) is 2.27. The number of pyridine rings is 1. The van der Waals surface area contributed by atoms with Gasteiger partial charge in [0.2, 0.25) is 0 Å². The highest BCUT2D eigenvalue weighted by Gasteiger charge is 2.06. The zero-order valence-electron chi connectivity index (χ0n) is 11.2. The summed E-state index contributed by atoms with van der Waals surface area (Å²) in [6.07, 6.45) is 1.82. The van der Waals surface area contributed by atoms with Crippen LogP contribution in [-0.4, -0.2) is 4.98 Å². The Kier molecular flexibility index (Phi) is 3.70. The van der Waals surface area contributed by atoms with E-state index in [-0.39, 0.29) is 6.04 Å². The van der Waals surface area contributed by atoms with E-state index in [4.69, 9.17) is 0 Å². The number of fused-ring (bicyclic) bond motifs is 1. The summed E-state index contributed by atoms with van der Waals surface area (Å²) in [5, 5.41) is 4.68. The molecule has 0 aliphatic heterocycles. The number of hydrogen-bond donors (Lipinski definition) is 1. The largest absolute Gasteiger partial charge is 0.379 e. The molecule has 0 spiro atoms. The number of rotatable bonds is 3. The fraction of sp³-hybridized carbons (Fsp3) is 0.118. The van der Waals surface area contributed by atoms with Gasteiger partial charge < -0.3 is 5.32 Å². The number of benzene rings is 2. The molecule has 20 heavy (non-hydrogen) atoms. The summed E-state index contributed by atoms with van der Waals surface area (Å²) in [4.78, 5) is 4.34. The van der Waals surface area contributed by atoms with Gasteiger partial charge in [0.1, 0.15) is 0 Å². The van der Waals surface area contributed by atoms with Gasteiger partial charge in [-0.3, -0.25) is 4.98 Å². The Morgan fingerprint density at radius 3 is 2.80 bits per heavy atom. The summed E-state index contributed by atoms with van der Waals surface area (Å²) in [6, 6.07) is 18.9. The number of anilines is 1. The van der Waals surface area contributed by atoms with Crippen molar-refractivity contribution < 1.29 is 0 Å². The quantitative estimate of drug-likeness (QED) is 0.718. The van der Waals surface area contributed by atoms with E-state index in [2.05, 4.69) is 69.6 Å². The van der Waals surface area contributed by atoms with Crippen molar-refractivity contribution in [1.29, 1.82) is 0 Å². The predicted molar refractivity (Wildman–Crippen MR) is 87.9 cm³/mol. The fourth-order valence-corrected chi connectivity index (χ4v) is 2.69. The monoisotopic (exact) mass is 326 g/mol. The molecule has 0 saturated carbocycles. The summed E-state index contributed by atoms with van der Waals surface area (Å²) in [6.45, 7) is 2.16. The molecule has 1 aromatic heterocycles. The van der Waals surface area contributed by atoms with Crippen molar-refractivity contribution in [2.24, 2.45) is 0 Å². The topological polar surface area (TPSA) is 24.9 Å². The summed E-state index contributed by atoms with van der Waals surface area (Å²) < 4.78 is 1.10. The maximum Gasteiger partial charge on any atom is 0.0703 e. The van der Waals surface area contributed by atoms with Gasteiger partial charge in [-0.2, -0.15) is 0 Å². The molecule has 1 heterocycles. The van der Waals surface area contributed by atoms with E-state index in [1.165, 1.54) is 5.56 Å². The molecule has 1 N–H and O–H groups in total. The molecular weight excluding hydrogens is 312 g/mol. The summed E-state index contributed by atoms with van der Waals surface area (Å²) >= 11 is 3.51. The van der Waals surface area contributed by atoms with Gasteiger partial charge in [-0.1, -0.05) is 34.1 Å². The lowest BCUT2D eigenvalue weighted by Crippen LogP contribution is -2.06. The molecule has 3 aromatic rings. The van der Waals surface area contributed by atoms with E-state index in [0.29, 0.717) is 0 Å². The van der Waals surface area contributed by atoms with Gasteiger partial charge in [0.15, 0.2) is 0 Å². The molecule has 2 nitrogen and oxygen atoms in total. The van der Waals surface area contributed by atoms with Gasteiger partial charge in [0, 0.05) is 27.8 Å². The molecule has 0 radical (unpaired) electrons. The van der Waals surface area contributed by atoms with E-state index < -0.39 is 0 Å². The molecule has 0 bridgehead atoms. The first-order chi connectivity index (χ1) is 9.72. The molecule has 0 amide bonds. The molecule has 0 aliphatic carbocycles. The second kappa shape index (κ2) is 5.63. The van der Waals surface area contributed by atoms with Crippen LogP contribution in [0.2, 0.25) is 0 Å². The Morgan fingerprint density at radius 2 is 1.95 bits per heavy atom. The number of nitrogens with one attached hydrogen (secondary N) is 1. The SMILES string of the molecule is CC(Nc1ccc2ncccc2c1)c1cccc(Br)c1. The Balaban J connectivity index is 1.85. The standard InChI is InChI=1S/C17H15BrN2/c1-12(13-4-2-6-15(18)10-13)20-16-7-8-17-14(11-16)5-3-9-19-17/h2-12,20H,1H3. The molecule has 0 aliphatic rings. The van der Waals surface area contributed by atoms with Gasteiger partial charge in [-0.05, 0) is 48.9 Å². The third kappa shape index (κ3) is 2.83. The Bertz CT molecular complexity index is 740. The number of hydrogen-bond acceptors (Lipinski definition) is 2. The minimum Gasteiger partial charge on any atom is -0.379 e. The zero-order chi connectivity index (χ0) is 13.9. The van der Waals surface area contributed by atoms with E-state index in [1.54, 1.807) is 0 Å². The van der Waals surface area contributed by atoms with E-state index >= 15 is 0 Å². The van der Waals surface area contributed by atoms with Crippen LogP contribution in [0.4, 0.5) is 5.69 Å². The van der Waals surface area contributed by atoms with Crippen LogP contribution in [0.3, 0.4) is 0 Å². The second-order valence-electron chi connectivity index (χ2n) is 4.83. The van der Waals surface area contributed by atoms with Crippen LogP contribution in [-0.2, 0) is 0 Å². The first kappa shape index (κ1) is 13.1. The predicted octanol–water partition coefficient (Wildman–Crippen LogP) is 5.17. The number of nitrogens with zero attached hydrogens (tertiary/aromatic N) is 1. The molecule has 3 rings (SSSR count). The third-order valence-electron chi connectivity index (χ3n) is 3.33. The van der Waals surface area contributed by atoms with Gasteiger partial charge in [0.25, 0.3) is 0 Å². The number of aromatic nitrogens is 1. The maximum absolute atomic E-state index is 4.34. The lowest BCUT2D eigenvalue weighted by atomic mass is 10.1. The van der Waals surface area contributed by atoms with Crippen molar-refractivity contribution in [3.8, 4) is 0 Å². The highest BCUT2D eigenvalue weighted by Crippen LogP contribution is 2.24. The third-order valence-corrected chi connectivity index (χ3v) is 3.83. The molecule has 1 atom stereocenters. The average Bonchev–Trinajstić information content (AvgIpc) is 2.47. The maximum atomic E-state index is 4.34. The zero-order valence-corrected chi connectivity index (χ0v) is 12.8.